The minimum atomic E-state index is -0.252. The van der Waals surface area contributed by atoms with Crippen molar-refractivity contribution < 1.29 is 24.3 Å². The van der Waals surface area contributed by atoms with E-state index in [1.54, 1.807) is 0 Å². The summed E-state index contributed by atoms with van der Waals surface area (Å²) in [5, 5.41) is 15.1. The van der Waals surface area contributed by atoms with Gasteiger partial charge in [-0.25, -0.2) is 0 Å². The van der Waals surface area contributed by atoms with Crippen LogP contribution in [0.15, 0.2) is 54.4 Å². The summed E-state index contributed by atoms with van der Waals surface area (Å²) < 4.78 is 0. The van der Waals surface area contributed by atoms with E-state index < -0.39 is 0 Å². The number of nitrogens with one attached hydrogen (secondary N) is 2. The second-order valence-electron chi connectivity index (χ2n) is 8.01. The number of unbranched alkanes of at least 4 members (excludes halogenated alkanes) is 2. The van der Waals surface area contributed by atoms with E-state index in [1.807, 2.05) is 31.2 Å². The van der Waals surface area contributed by atoms with E-state index in [4.69, 9.17) is 9.90 Å². The second-order valence-corrected chi connectivity index (χ2v) is 8.01. The number of aliphatic hydroxyl groups is 1. The van der Waals surface area contributed by atoms with Crippen LogP contribution < -0.4 is 16.4 Å². The smallest absolute Gasteiger partial charge is 0.253 e. The summed E-state index contributed by atoms with van der Waals surface area (Å²) in [7, 11) is 0. The van der Waals surface area contributed by atoms with Gasteiger partial charge in [-0.1, -0.05) is 57.5 Å². The molecule has 0 bridgehead atoms. The van der Waals surface area contributed by atoms with E-state index in [9.17, 15) is 14.4 Å². The lowest BCUT2D eigenvalue weighted by Crippen LogP contribution is -2.35. The molecular weight excluding hydrogens is 460 g/mol. The number of carbonyl (C=O) groups excluding carboxylic acids is 4. The summed E-state index contributed by atoms with van der Waals surface area (Å²) in [6.45, 7) is 10.4. The van der Waals surface area contributed by atoms with Crippen LogP contribution >= 0.6 is 0 Å². The highest BCUT2D eigenvalue weighted by Crippen LogP contribution is 2.13. The molecule has 0 spiro atoms. The van der Waals surface area contributed by atoms with Crippen molar-refractivity contribution in [1.82, 2.24) is 15.5 Å². The number of primary amides is 1. The fourth-order valence-corrected chi connectivity index (χ4v) is 3.11. The largest absolute Gasteiger partial charge is 0.392 e. The predicted octanol–water partition coefficient (Wildman–Crippen LogP) is 2.62. The summed E-state index contributed by atoms with van der Waals surface area (Å²) in [4.78, 5) is 45.0. The number of allylic oxidation sites excluding steroid dienone is 1. The molecule has 0 aliphatic carbocycles. The number of imide groups is 1. The molecule has 1 aliphatic heterocycles. The van der Waals surface area contributed by atoms with E-state index in [0.29, 0.717) is 13.0 Å². The molecule has 0 fully saturated rings. The molecule has 4 amide bonds. The molecule has 198 valence electrons. The lowest BCUT2D eigenvalue weighted by Gasteiger charge is -2.16. The van der Waals surface area contributed by atoms with E-state index in [1.165, 1.54) is 23.5 Å². The van der Waals surface area contributed by atoms with Crippen molar-refractivity contribution in [1.29, 1.82) is 0 Å². The Kier molecular flexibility index (Phi) is 17.6. The van der Waals surface area contributed by atoms with Crippen LogP contribution in [0.4, 0.5) is 0 Å². The monoisotopic (exact) mass is 500 g/mol. The average Bonchev–Trinajstić information content (AvgIpc) is 3.18. The second kappa shape index (κ2) is 19.6. The Morgan fingerprint density at radius 1 is 1.14 bits per heavy atom. The zero-order valence-electron chi connectivity index (χ0n) is 21.6. The highest BCUT2D eigenvalue weighted by Gasteiger charge is 2.22. The maximum absolute atomic E-state index is 12.2. The number of aliphatic hydroxyl groups excluding tert-OH is 1. The fourth-order valence-electron chi connectivity index (χ4n) is 3.11. The number of benzene rings is 1. The molecule has 0 saturated carbocycles. The van der Waals surface area contributed by atoms with Crippen LogP contribution in [0.1, 0.15) is 70.0 Å². The van der Waals surface area contributed by atoms with Crippen molar-refractivity contribution in [3.05, 3.63) is 65.6 Å². The Morgan fingerprint density at radius 2 is 1.69 bits per heavy atom. The number of rotatable bonds is 12. The molecule has 9 heteroatoms. The van der Waals surface area contributed by atoms with Gasteiger partial charge in [0, 0.05) is 18.7 Å². The average molecular weight is 501 g/mol. The quantitative estimate of drug-likeness (QED) is 0.150. The molecule has 36 heavy (non-hydrogen) atoms. The molecule has 0 saturated heterocycles. The number of amides is 4. The number of nitrogens with two attached hydrogens (primary N) is 1. The Hall–Kier alpha value is -3.68. The van der Waals surface area contributed by atoms with Crippen molar-refractivity contribution >= 4 is 24.1 Å². The van der Waals surface area contributed by atoms with Crippen molar-refractivity contribution in [2.75, 3.05) is 13.1 Å². The Morgan fingerprint density at radius 3 is 2.19 bits per heavy atom. The van der Waals surface area contributed by atoms with Gasteiger partial charge in [0.25, 0.3) is 11.8 Å². The Balaban J connectivity index is 0.00000185. The molecule has 9 nitrogen and oxygen atoms in total. The fraction of sp³-hybridized carbons (Fsp3) is 0.444. The van der Waals surface area contributed by atoms with Crippen LogP contribution in [0.3, 0.4) is 0 Å². The molecule has 0 aromatic heterocycles. The maximum Gasteiger partial charge on any atom is 0.253 e. The van der Waals surface area contributed by atoms with E-state index in [0.717, 1.165) is 36.1 Å². The first-order valence-electron chi connectivity index (χ1n) is 12.1. The van der Waals surface area contributed by atoms with Gasteiger partial charge in [-0.05, 0) is 37.3 Å². The van der Waals surface area contributed by atoms with Gasteiger partial charge in [-0.2, -0.15) is 0 Å². The van der Waals surface area contributed by atoms with Crippen LogP contribution in [-0.4, -0.2) is 47.2 Å². The number of carbonyl (C=O) groups is 4. The molecule has 1 aliphatic rings. The Bertz CT molecular complexity index is 887. The van der Waals surface area contributed by atoms with Gasteiger partial charge in [0.2, 0.25) is 12.3 Å². The van der Waals surface area contributed by atoms with Crippen LogP contribution in [0.2, 0.25) is 0 Å². The van der Waals surface area contributed by atoms with E-state index in [-0.39, 0.29) is 43.3 Å². The SMILES string of the molecule is C=C=C(CCCCCN1C(=O)C=CC1=O)NCC(=O)NC(C)c1ccc(CO)cc1.CCC.NC=O. The zero-order valence-corrected chi connectivity index (χ0v) is 21.6. The lowest BCUT2D eigenvalue weighted by molar-refractivity contribution is -0.136. The number of hydrogen-bond acceptors (Lipinski definition) is 6. The summed E-state index contributed by atoms with van der Waals surface area (Å²) in [6, 6.07) is 7.30. The third-order valence-corrected chi connectivity index (χ3v) is 4.92. The van der Waals surface area contributed by atoms with Gasteiger partial charge in [0.1, 0.15) is 0 Å². The van der Waals surface area contributed by atoms with E-state index in [2.05, 4.69) is 42.5 Å². The summed E-state index contributed by atoms with van der Waals surface area (Å²) in [6.07, 6.45) is 7.19. The van der Waals surface area contributed by atoms with Gasteiger partial charge in [-0.3, -0.25) is 24.1 Å². The van der Waals surface area contributed by atoms with Crippen molar-refractivity contribution in [3.63, 3.8) is 0 Å². The number of nitrogens with zero attached hydrogens (tertiary/aromatic N) is 1. The Labute approximate surface area is 214 Å². The van der Waals surface area contributed by atoms with Gasteiger partial charge in [0.15, 0.2) is 0 Å². The minimum Gasteiger partial charge on any atom is -0.392 e. The van der Waals surface area contributed by atoms with Crippen molar-refractivity contribution in [2.24, 2.45) is 5.73 Å². The number of hydrogen-bond donors (Lipinski definition) is 4. The first kappa shape index (κ1) is 32.3. The molecule has 1 aromatic rings. The molecule has 0 radical (unpaired) electrons. The van der Waals surface area contributed by atoms with Gasteiger partial charge in [-0.15, -0.1) is 5.73 Å². The highest BCUT2D eigenvalue weighted by atomic mass is 16.3. The molecular formula is C27H40N4O5. The van der Waals surface area contributed by atoms with Crippen LogP contribution in [-0.2, 0) is 25.8 Å². The molecule has 5 N–H and O–H groups in total. The van der Waals surface area contributed by atoms with Crippen molar-refractivity contribution in [2.45, 2.75) is 65.5 Å². The third kappa shape index (κ3) is 13.3. The van der Waals surface area contributed by atoms with Crippen LogP contribution in [0.5, 0.6) is 0 Å². The zero-order chi connectivity index (χ0) is 27.3. The first-order valence-corrected chi connectivity index (χ1v) is 12.1. The maximum atomic E-state index is 12.2. The minimum absolute atomic E-state index is 0.00663. The molecule has 1 atom stereocenters. The highest BCUT2D eigenvalue weighted by molar-refractivity contribution is 6.12. The van der Waals surface area contributed by atoms with Crippen LogP contribution in [0.25, 0.3) is 0 Å². The van der Waals surface area contributed by atoms with Gasteiger partial charge in [0.05, 0.1) is 24.9 Å². The molecule has 1 aromatic carbocycles. The molecule has 1 unspecified atom stereocenters. The molecule has 2 rings (SSSR count). The first-order chi connectivity index (χ1) is 17.3. The van der Waals surface area contributed by atoms with Crippen molar-refractivity contribution in [3.8, 4) is 0 Å². The molecule has 1 heterocycles. The summed E-state index contributed by atoms with van der Waals surface area (Å²) >= 11 is 0. The standard InChI is InChI=1S/C23H29N3O4.C3H8.CH3NO/c1-3-20(7-5-4-6-14-26-22(29)12-13-23(26)30)24-15-21(28)25-17(2)19-10-8-18(16-27)9-11-19;1-3-2;2-1-3/h8-13,17,24,27H,1,4-7,14-16H2,2H3,(H,25,28);3H2,1-2H3;1H,(H2,2,3). The summed E-state index contributed by atoms with van der Waals surface area (Å²) in [5.74, 6) is -0.643. The van der Waals surface area contributed by atoms with Crippen LogP contribution in [0, 0.1) is 0 Å². The van der Waals surface area contributed by atoms with Gasteiger partial charge >= 0.3 is 0 Å². The topological polar surface area (TPSA) is 142 Å². The third-order valence-electron chi connectivity index (χ3n) is 4.92. The van der Waals surface area contributed by atoms with Gasteiger partial charge < -0.3 is 21.5 Å². The predicted molar refractivity (Wildman–Crippen MR) is 140 cm³/mol. The van der Waals surface area contributed by atoms with E-state index >= 15 is 0 Å². The normalized spacial score (nSPS) is 12.4. The lowest BCUT2D eigenvalue weighted by atomic mass is 10.1. The summed E-state index contributed by atoms with van der Waals surface area (Å²) in [5.41, 5.74) is 9.55.